The van der Waals surface area contributed by atoms with Gasteiger partial charge in [0.2, 0.25) is 10.0 Å². The molecule has 140 valence electrons. The van der Waals surface area contributed by atoms with Gasteiger partial charge >= 0.3 is 5.97 Å². The van der Waals surface area contributed by atoms with Crippen molar-refractivity contribution in [2.75, 3.05) is 11.3 Å². The van der Waals surface area contributed by atoms with Crippen LogP contribution in [0.2, 0.25) is 0 Å². The second-order valence-electron chi connectivity index (χ2n) is 5.77. The summed E-state index contributed by atoms with van der Waals surface area (Å²) in [7, 11) is -3.81. The number of aromatic nitrogens is 2. The number of aryl methyl sites for hydroxylation is 2. The number of carbonyl (C=O) groups is 1. The summed E-state index contributed by atoms with van der Waals surface area (Å²) in [4.78, 5) is 28.1. The number of anilines is 1. The highest BCUT2D eigenvalue weighted by atomic mass is 32.2. The Labute approximate surface area is 151 Å². The van der Waals surface area contributed by atoms with Crippen LogP contribution in [0.5, 0.6) is 0 Å². The van der Waals surface area contributed by atoms with Crippen molar-refractivity contribution in [1.29, 1.82) is 0 Å². The third-order valence-corrected chi connectivity index (χ3v) is 4.79. The van der Waals surface area contributed by atoms with Gasteiger partial charge < -0.3 is 4.74 Å². The fraction of sp³-hybridized carbons (Fsp3) is 0.353. The first-order valence-electron chi connectivity index (χ1n) is 8.00. The van der Waals surface area contributed by atoms with Crippen LogP contribution < -0.4 is 10.3 Å². The van der Waals surface area contributed by atoms with Crippen molar-refractivity contribution in [1.82, 2.24) is 9.55 Å². The molecule has 0 saturated heterocycles. The highest BCUT2D eigenvalue weighted by Crippen LogP contribution is 2.11. The number of nitrogens with zero attached hydrogens (tertiary/aromatic N) is 2. The number of ether oxygens (including phenoxy) is 1. The zero-order chi connectivity index (χ0) is 19.3. The molecule has 0 atom stereocenters. The summed E-state index contributed by atoms with van der Waals surface area (Å²) in [6.45, 7) is 4.91. The summed E-state index contributed by atoms with van der Waals surface area (Å²) in [5.74, 6) is -0.594. The van der Waals surface area contributed by atoms with E-state index in [4.69, 9.17) is 4.74 Å². The Balaban J connectivity index is 2.26. The predicted octanol–water partition coefficient (Wildman–Crippen LogP) is 1.37. The Bertz CT molecular complexity index is 967. The summed E-state index contributed by atoms with van der Waals surface area (Å²) < 4.78 is 32.9. The van der Waals surface area contributed by atoms with Crippen molar-refractivity contribution in [3.05, 3.63) is 57.8 Å². The second kappa shape index (κ2) is 8.13. The molecule has 1 N–H and O–H groups in total. The molecule has 26 heavy (non-hydrogen) atoms. The van der Waals surface area contributed by atoms with Crippen LogP contribution in [-0.2, 0) is 31.9 Å². The minimum absolute atomic E-state index is 0.183. The minimum atomic E-state index is -3.81. The van der Waals surface area contributed by atoms with Crippen LogP contribution in [0.25, 0.3) is 0 Å². The van der Waals surface area contributed by atoms with Gasteiger partial charge in [0.25, 0.3) is 5.56 Å². The van der Waals surface area contributed by atoms with Crippen LogP contribution in [0.4, 0.5) is 5.69 Å². The molecule has 0 aliphatic rings. The molecule has 0 fully saturated rings. The zero-order valence-electron chi connectivity index (χ0n) is 14.9. The van der Waals surface area contributed by atoms with Gasteiger partial charge in [-0.15, -0.1) is 0 Å². The molecule has 0 amide bonds. The molecule has 0 aliphatic heterocycles. The number of esters is 1. The number of hydrogen-bond acceptors (Lipinski definition) is 6. The summed E-state index contributed by atoms with van der Waals surface area (Å²) in [5, 5.41) is 0. The zero-order valence-corrected chi connectivity index (χ0v) is 15.7. The third-order valence-electron chi connectivity index (χ3n) is 3.54. The fourth-order valence-electron chi connectivity index (χ4n) is 2.39. The first-order valence-corrected chi connectivity index (χ1v) is 9.65. The fourth-order valence-corrected chi connectivity index (χ4v) is 3.56. The minimum Gasteiger partial charge on any atom is -0.465 e. The molecule has 0 unspecified atom stereocenters. The lowest BCUT2D eigenvalue weighted by Gasteiger charge is -2.12. The number of sulfonamides is 1. The van der Waals surface area contributed by atoms with Crippen LogP contribution in [0.3, 0.4) is 0 Å². The van der Waals surface area contributed by atoms with E-state index in [0.29, 0.717) is 5.56 Å². The van der Waals surface area contributed by atoms with Crippen LogP contribution in [-0.4, -0.2) is 30.5 Å². The maximum absolute atomic E-state index is 12.5. The number of benzene rings is 1. The first-order chi connectivity index (χ1) is 12.2. The van der Waals surface area contributed by atoms with Gasteiger partial charge in [-0.05, 0) is 26.3 Å². The van der Waals surface area contributed by atoms with Gasteiger partial charge in [0.15, 0.2) is 0 Å². The standard InChI is InChI=1S/C17H21N3O5S/c1-4-25-16(21)10-20-13(3)18-9-15(17(20)22)19-26(23,24)11-14-7-5-6-12(2)8-14/h5-9,19H,4,10-11H2,1-3H3. The molecule has 0 bridgehead atoms. The molecule has 1 heterocycles. The van der Waals surface area contributed by atoms with Crippen LogP contribution in [0.1, 0.15) is 23.9 Å². The van der Waals surface area contributed by atoms with E-state index in [0.717, 1.165) is 16.3 Å². The monoisotopic (exact) mass is 379 g/mol. The van der Waals surface area contributed by atoms with E-state index in [9.17, 15) is 18.0 Å². The largest absolute Gasteiger partial charge is 0.465 e. The summed E-state index contributed by atoms with van der Waals surface area (Å²) in [5.41, 5.74) is 0.668. The molecule has 8 nitrogen and oxygen atoms in total. The topological polar surface area (TPSA) is 107 Å². The average molecular weight is 379 g/mol. The maximum atomic E-state index is 12.5. The lowest BCUT2D eigenvalue weighted by molar-refractivity contribution is -0.143. The first kappa shape index (κ1) is 19.6. The highest BCUT2D eigenvalue weighted by molar-refractivity contribution is 7.91. The van der Waals surface area contributed by atoms with Crippen molar-refractivity contribution in [2.45, 2.75) is 33.1 Å². The molecular weight excluding hydrogens is 358 g/mol. The Morgan fingerprint density at radius 3 is 2.69 bits per heavy atom. The van der Waals surface area contributed by atoms with Crippen molar-refractivity contribution in [3.63, 3.8) is 0 Å². The molecule has 2 rings (SSSR count). The predicted molar refractivity (Wildman–Crippen MR) is 97.3 cm³/mol. The molecule has 1 aromatic carbocycles. The van der Waals surface area contributed by atoms with E-state index in [2.05, 4.69) is 9.71 Å². The van der Waals surface area contributed by atoms with Gasteiger partial charge in [0.05, 0.1) is 18.6 Å². The van der Waals surface area contributed by atoms with Crippen molar-refractivity contribution < 1.29 is 17.9 Å². The smallest absolute Gasteiger partial charge is 0.326 e. The van der Waals surface area contributed by atoms with E-state index in [-0.39, 0.29) is 30.4 Å². The van der Waals surface area contributed by atoms with Gasteiger partial charge in [-0.2, -0.15) is 0 Å². The molecule has 0 radical (unpaired) electrons. The summed E-state index contributed by atoms with van der Waals surface area (Å²) >= 11 is 0. The number of rotatable bonds is 7. The highest BCUT2D eigenvalue weighted by Gasteiger charge is 2.17. The van der Waals surface area contributed by atoms with Crippen LogP contribution >= 0.6 is 0 Å². The molecule has 1 aromatic heterocycles. The summed E-state index contributed by atoms with van der Waals surface area (Å²) in [6.07, 6.45) is 1.15. The Morgan fingerprint density at radius 1 is 1.31 bits per heavy atom. The van der Waals surface area contributed by atoms with E-state index in [1.165, 1.54) is 0 Å². The lowest BCUT2D eigenvalue weighted by Crippen LogP contribution is -2.31. The number of hydrogen-bond donors (Lipinski definition) is 1. The molecule has 0 spiro atoms. The van der Waals surface area contributed by atoms with Gasteiger partial charge in [-0.25, -0.2) is 13.4 Å². The van der Waals surface area contributed by atoms with E-state index in [1.54, 1.807) is 32.0 Å². The van der Waals surface area contributed by atoms with Gasteiger partial charge in [0.1, 0.15) is 18.1 Å². The van der Waals surface area contributed by atoms with Gasteiger partial charge in [-0.3, -0.25) is 18.9 Å². The van der Waals surface area contributed by atoms with E-state index >= 15 is 0 Å². The Morgan fingerprint density at radius 2 is 2.04 bits per heavy atom. The quantitative estimate of drug-likeness (QED) is 0.728. The number of carbonyl (C=O) groups excluding carboxylic acids is 1. The van der Waals surface area contributed by atoms with Crippen molar-refractivity contribution in [2.24, 2.45) is 0 Å². The average Bonchev–Trinajstić information content (AvgIpc) is 2.54. The SMILES string of the molecule is CCOC(=O)Cn1c(C)ncc(NS(=O)(=O)Cc2cccc(C)c2)c1=O. The van der Waals surface area contributed by atoms with Gasteiger partial charge in [-0.1, -0.05) is 29.8 Å². The van der Waals surface area contributed by atoms with Crippen molar-refractivity contribution >= 4 is 21.7 Å². The third kappa shape index (κ3) is 5.16. The second-order valence-corrected chi connectivity index (χ2v) is 7.49. The van der Waals surface area contributed by atoms with Crippen LogP contribution in [0.15, 0.2) is 35.3 Å². The van der Waals surface area contributed by atoms with E-state index in [1.807, 2.05) is 13.0 Å². The lowest BCUT2D eigenvalue weighted by atomic mass is 10.2. The molecule has 0 aliphatic carbocycles. The summed E-state index contributed by atoms with van der Waals surface area (Å²) in [6, 6.07) is 7.08. The number of nitrogens with one attached hydrogen (secondary N) is 1. The molecule has 2 aromatic rings. The maximum Gasteiger partial charge on any atom is 0.326 e. The molecular formula is C17H21N3O5S. The normalized spacial score (nSPS) is 11.2. The van der Waals surface area contributed by atoms with Crippen LogP contribution in [0, 0.1) is 13.8 Å². The Kier molecular flexibility index (Phi) is 6.14. The molecule has 9 heteroatoms. The van der Waals surface area contributed by atoms with Gasteiger partial charge in [0, 0.05) is 0 Å². The van der Waals surface area contributed by atoms with E-state index < -0.39 is 21.6 Å². The van der Waals surface area contributed by atoms with Crippen molar-refractivity contribution in [3.8, 4) is 0 Å². The molecule has 0 saturated carbocycles. The Hall–Kier alpha value is -2.68.